The van der Waals surface area contributed by atoms with Crippen molar-refractivity contribution in [1.82, 2.24) is 5.43 Å². The zero-order valence-electron chi connectivity index (χ0n) is 14.0. The van der Waals surface area contributed by atoms with Crippen molar-refractivity contribution >= 4 is 27.5 Å². The highest BCUT2D eigenvalue weighted by atomic mass is 79.9. The maximum Gasteiger partial charge on any atom is 0.277 e. The van der Waals surface area contributed by atoms with Gasteiger partial charge in [0.15, 0.2) is 6.61 Å². The Hall–Kier alpha value is -2.14. The Morgan fingerprint density at radius 2 is 1.75 bits per heavy atom. The largest absolute Gasteiger partial charge is 0.484 e. The monoisotopic (exact) mass is 388 g/mol. The molecule has 0 fully saturated rings. The van der Waals surface area contributed by atoms with Gasteiger partial charge in [0.2, 0.25) is 0 Å². The molecule has 0 bridgehead atoms. The van der Waals surface area contributed by atoms with Crippen molar-refractivity contribution in [2.45, 2.75) is 26.7 Å². The molecule has 4 nitrogen and oxygen atoms in total. The number of halogens is 1. The summed E-state index contributed by atoms with van der Waals surface area (Å²) in [4.78, 5) is 11.8. The van der Waals surface area contributed by atoms with Gasteiger partial charge in [-0.2, -0.15) is 5.10 Å². The van der Waals surface area contributed by atoms with Gasteiger partial charge in [-0.3, -0.25) is 4.79 Å². The first-order valence-electron chi connectivity index (χ1n) is 7.77. The molecule has 0 saturated carbocycles. The summed E-state index contributed by atoms with van der Waals surface area (Å²) in [6.07, 6.45) is 0. The van der Waals surface area contributed by atoms with E-state index >= 15 is 0 Å². The van der Waals surface area contributed by atoms with Crippen LogP contribution in [0.5, 0.6) is 5.75 Å². The second kappa shape index (κ2) is 8.64. The Morgan fingerprint density at radius 1 is 1.12 bits per heavy atom. The highest BCUT2D eigenvalue weighted by Crippen LogP contribution is 2.18. The minimum absolute atomic E-state index is 0.0713. The number of ether oxygens (including phenoxy) is 1. The van der Waals surface area contributed by atoms with Gasteiger partial charge >= 0.3 is 0 Å². The minimum Gasteiger partial charge on any atom is -0.484 e. The molecule has 0 saturated heterocycles. The Kier molecular flexibility index (Phi) is 6.55. The predicted molar refractivity (Wildman–Crippen MR) is 101 cm³/mol. The Morgan fingerprint density at radius 3 is 2.33 bits per heavy atom. The fourth-order valence-electron chi connectivity index (χ4n) is 2.03. The van der Waals surface area contributed by atoms with E-state index in [0.717, 1.165) is 15.7 Å². The number of hydrazone groups is 1. The highest BCUT2D eigenvalue weighted by molar-refractivity contribution is 9.10. The van der Waals surface area contributed by atoms with Crippen molar-refractivity contribution in [2.24, 2.45) is 5.10 Å². The molecule has 0 aromatic heterocycles. The number of benzene rings is 2. The van der Waals surface area contributed by atoms with Crippen molar-refractivity contribution in [3.63, 3.8) is 0 Å². The van der Waals surface area contributed by atoms with Crippen LogP contribution in [0.15, 0.2) is 58.1 Å². The van der Waals surface area contributed by atoms with Crippen LogP contribution in [0.4, 0.5) is 0 Å². The molecule has 5 heteroatoms. The molecule has 0 atom stereocenters. The van der Waals surface area contributed by atoms with Gasteiger partial charge in [-0.1, -0.05) is 54.0 Å². The number of carbonyl (C=O) groups is 1. The summed E-state index contributed by atoms with van der Waals surface area (Å²) in [5, 5.41) is 4.10. The smallest absolute Gasteiger partial charge is 0.277 e. The van der Waals surface area contributed by atoms with Crippen molar-refractivity contribution in [3.8, 4) is 5.75 Å². The van der Waals surface area contributed by atoms with Crippen LogP contribution in [-0.2, 0) is 4.79 Å². The van der Waals surface area contributed by atoms with Gasteiger partial charge in [0.05, 0.1) is 5.71 Å². The van der Waals surface area contributed by atoms with Crippen LogP contribution in [0.2, 0.25) is 0 Å². The zero-order chi connectivity index (χ0) is 17.5. The first kappa shape index (κ1) is 18.2. The van der Waals surface area contributed by atoms with E-state index in [0.29, 0.717) is 11.7 Å². The average Bonchev–Trinajstić information content (AvgIpc) is 2.58. The number of hydrogen-bond acceptors (Lipinski definition) is 3. The van der Waals surface area contributed by atoms with Crippen LogP contribution in [0.3, 0.4) is 0 Å². The Labute approximate surface area is 151 Å². The normalized spacial score (nSPS) is 11.5. The lowest BCUT2D eigenvalue weighted by Crippen LogP contribution is -2.25. The molecule has 0 unspecified atom stereocenters. The van der Waals surface area contributed by atoms with Gasteiger partial charge in [0.1, 0.15) is 5.75 Å². The average molecular weight is 389 g/mol. The van der Waals surface area contributed by atoms with E-state index in [1.165, 1.54) is 5.56 Å². The van der Waals surface area contributed by atoms with Crippen LogP contribution in [0, 0.1) is 0 Å². The van der Waals surface area contributed by atoms with E-state index < -0.39 is 0 Å². The predicted octanol–water partition coefficient (Wildman–Crippen LogP) is 4.49. The van der Waals surface area contributed by atoms with Gasteiger partial charge in [0.25, 0.3) is 5.91 Å². The minimum atomic E-state index is -0.292. The van der Waals surface area contributed by atoms with Gasteiger partial charge in [-0.15, -0.1) is 0 Å². The van der Waals surface area contributed by atoms with E-state index in [1.54, 1.807) is 0 Å². The molecule has 1 N–H and O–H groups in total. The summed E-state index contributed by atoms with van der Waals surface area (Å²) in [6, 6.07) is 15.5. The number of nitrogens with zero attached hydrogens (tertiary/aromatic N) is 1. The summed E-state index contributed by atoms with van der Waals surface area (Å²) < 4.78 is 6.47. The fraction of sp³-hybridized carbons (Fsp3) is 0.263. The maximum absolute atomic E-state index is 11.8. The van der Waals surface area contributed by atoms with E-state index in [2.05, 4.69) is 40.3 Å². The van der Waals surface area contributed by atoms with Crippen molar-refractivity contribution in [1.29, 1.82) is 0 Å². The van der Waals surface area contributed by atoms with Crippen LogP contribution in [0.25, 0.3) is 0 Å². The summed E-state index contributed by atoms with van der Waals surface area (Å²) in [7, 11) is 0. The molecule has 0 aliphatic heterocycles. The van der Waals surface area contributed by atoms with Gasteiger partial charge in [-0.05, 0) is 48.2 Å². The first-order chi connectivity index (χ1) is 11.5. The van der Waals surface area contributed by atoms with Crippen molar-refractivity contribution in [2.75, 3.05) is 6.61 Å². The number of rotatable bonds is 6. The lowest BCUT2D eigenvalue weighted by molar-refractivity contribution is -0.123. The third-order valence-electron chi connectivity index (χ3n) is 3.53. The summed E-state index contributed by atoms with van der Waals surface area (Å²) in [5.41, 5.74) is 5.43. The number of carbonyl (C=O) groups excluding carboxylic acids is 1. The summed E-state index contributed by atoms with van der Waals surface area (Å²) in [6.45, 7) is 6.04. The Bertz CT molecular complexity index is 707. The molecule has 126 valence electrons. The maximum atomic E-state index is 11.8. The standard InChI is InChI=1S/C19H21BrN2O2/c1-13(2)15-6-10-18(11-7-15)24-12-19(23)22-21-14(3)16-4-8-17(20)9-5-16/h4-11,13H,12H2,1-3H3,(H,22,23). The van der Waals surface area contributed by atoms with E-state index in [4.69, 9.17) is 4.74 Å². The number of amides is 1. The van der Waals surface area contributed by atoms with Crippen LogP contribution in [0.1, 0.15) is 37.8 Å². The van der Waals surface area contributed by atoms with Gasteiger partial charge in [-0.25, -0.2) is 5.43 Å². The van der Waals surface area contributed by atoms with Crippen molar-refractivity contribution in [3.05, 3.63) is 64.1 Å². The molecule has 24 heavy (non-hydrogen) atoms. The van der Waals surface area contributed by atoms with E-state index in [-0.39, 0.29) is 12.5 Å². The van der Waals surface area contributed by atoms with Crippen LogP contribution >= 0.6 is 15.9 Å². The summed E-state index contributed by atoms with van der Waals surface area (Å²) >= 11 is 3.39. The quantitative estimate of drug-likeness (QED) is 0.585. The molecule has 2 aromatic rings. The van der Waals surface area contributed by atoms with Crippen LogP contribution < -0.4 is 10.2 Å². The lowest BCUT2D eigenvalue weighted by atomic mass is 10.0. The molecule has 0 spiro atoms. The molecule has 2 rings (SSSR count). The molecule has 0 heterocycles. The SMILES string of the molecule is CC(=NNC(=O)COc1ccc(C(C)C)cc1)c1ccc(Br)cc1. The highest BCUT2D eigenvalue weighted by Gasteiger charge is 2.04. The zero-order valence-corrected chi connectivity index (χ0v) is 15.6. The van der Waals surface area contributed by atoms with Gasteiger partial charge in [0, 0.05) is 4.47 Å². The fourth-order valence-corrected chi connectivity index (χ4v) is 2.30. The number of hydrogen-bond donors (Lipinski definition) is 1. The third kappa shape index (κ3) is 5.49. The molecule has 2 aromatic carbocycles. The second-order valence-corrected chi connectivity index (χ2v) is 6.67. The van der Waals surface area contributed by atoms with Gasteiger partial charge < -0.3 is 4.74 Å². The molecular formula is C19H21BrN2O2. The van der Waals surface area contributed by atoms with E-state index in [1.807, 2.05) is 55.5 Å². The van der Waals surface area contributed by atoms with Crippen molar-refractivity contribution < 1.29 is 9.53 Å². The van der Waals surface area contributed by atoms with Crippen LogP contribution in [-0.4, -0.2) is 18.2 Å². The summed E-state index contributed by atoms with van der Waals surface area (Å²) in [5.74, 6) is 0.848. The second-order valence-electron chi connectivity index (χ2n) is 5.75. The molecule has 0 aliphatic rings. The molecule has 0 radical (unpaired) electrons. The molecular weight excluding hydrogens is 368 g/mol. The Balaban J connectivity index is 1.84. The molecule has 1 amide bonds. The van der Waals surface area contributed by atoms with E-state index in [9.17, 15) is 4.79 Å². The third-order valence-corrected chi connectivity index (χ3v) is 4.06. The topological polar surface area (TPSA) is 50.7 Å². The molecule has 0 aliphatic carbocycles. The lowest BCUT2D eigenvalue weighted by Gasteiger charge is -2.08. The first-order valence-corrected chi connectivity index (χ1v) is 8.57. The number of nitrogens with one attached hydrogen (secondary N) is 1.